The Morgan fingerprint density at radius 1 is 1.17 bits per heavy atom. The molecule has 0 aliphatic heterocycles. The highest BCUT2D eigenvalue weighted by Crippen LogP contribution is 2.23. The van der Waals surface area contributed by atoms with Gasteiger partial charge in [0.05, 0.1) is 0 Å². The molecule has 5 nitrogen and oxygen atoms in total. The second-order valence-electron chi connectivity index (χ2n) is 6.57. The number of benzene rings is 1. The molecular weight excluding hydrogens is 322 g/mol. The molecule has 0 spiro atoms. The van der Waals surface area contributed by atoms with Gasteiger partial charge in [0.2, 0.25) is 11.8 Å². The molecule has 0 unspecified atom stereocenters. The largest absolute Gasteiger partial charge is 0.356 e. The first-order chi connectivity index (χ1) is 11.4. The molecule has 2 aromatic rings. The van der Waals surface area contributed by atoms with Crippen molar-refractivity contribution in [3.63, 3.8) is 0 Å². The first kappa shape index (κ1) is 18.1. The van der Waals surface area contributed by atoms with Gasteiger partial charge >= 0.3 is 0 Å². The van der Waals surface area contributed by atoms with Gasteiger partial charge < -0.3 is 10.6 Å². The van der Waals surface area contributed by atoms with Crippen molar-refractivity contribution in [3.8, 4) is 10.6 Å². The lowest BCUT2D eigenvalue weighted by atomic mass is 9.96. The fourth-order valence-electron chi connectivity index (χ4n) is 2.00. The molecule has 0 atom stereocenters. The summed E-state index contributed by atoms with van der Waals surface area (Å²) in [4.78, 5) is 27.9. The Bertz CT molecular complexity index is 673. The molecule has 0 aliphatic rings. The minimum absolute atomic E-state index is 0.000633. The highest BCUT2D eigenvalue weighted by Gasteiger charge is 2.20. The second-order valence-corrected chi connectivity index (χ2v) is 7.47. The smallest absolute Gasteiger partial charge is 0.225 e. The van der Waals surface area contributed by atoms with Crippen molar-refractivity contribution in [2.45, 2.75) is 33.6 Å². The number of carbonyl (C=O) groups is 2. The summed E-state index contributed by atoms with van der Waals surface area (Å²) in [6.07, 6.45) is 2.76. The van der Waals surface area contributed by atoms with E-state index < -0.39 is 5.41 Å². The second kappa shape index (κ2) is 8.06. The van der Waals surface area contributed by atoms with Crippen LogP contribution in [-0.2, 0) is 9.59 Å². The van der Waals surface area contributed by atoms with Gasteiger partial charge in [-0.15, -0.1) is 11.3 Å². The van der Waals surface area contributed by atoms with Crippen LogP contribution in [0.25, 0.3) is 10.6 Å². The summed E-state index contributed by atoms with van der Waals surface area (Å²) in [6, 6.07) is 7.63. The maximum atomic E-state index is 11.9. The van der Waals surface area contributed by atoms with E-state index in [2.05, 4.69) is 15.6 Å². The molecule has 24 heavy (non-hydrogen) atoms. The maximum absolute atomic E-state index is 11.9. The maximum Gasteiger partial charge on any atom is 0.225 e. The Balaban J connectivity index is 1.74. The molecule has 0 radical (unpaired) electrons. The van der Waals surface area contributed by atoms with Gasteiger partial charge in [-0.05, 0) is 30.7 Å². The van der Waals surface area contributed by atoms with Gasteiger partial charge in [-0.3, -0.25) is 9.59 Å². The zero-order valence-corrected chi connectivity index (χ0v) is 15.1. The van der Waals surface area contributed by atoms with Crippen LogP contribution in [0.15, 0.2) is 35.8 Å². The number of carbonyl (C=O) groups excluding carboxylic acids is 2. The average Bonchev–Trinajstić information content (AvgIpc) is 3.05. The van der Waals surface area contributed by atoms with E-state index in [1.54, 1.807) is 17.5 Å². The molecule has 2 amide bonds. The number of nitrogens with zero attached hydrogens (tertiary/aromatic N) is 1. The number of hydrogen-bond donors (Lipinski definition) is 2. The molecule has 0 bridgehead atoms. The third-order valence-electron chi connectivity index (χ3n) is 3.40. The van der Waals surface area contributed by atoms with Crippen molar-refractivity contribution in [1.29, 1.82) is 0 Å². The fraction of sp³-hybridized carbons (Fsp3) is 0.389. The van der Waals surface area contributed by atoms with Crippen molar-refractivity contribution in [1.82, 2.24) is 10.3 Å². The van der Waals surface area contributed by atoms with Crippen LogP contribution in [0.4, 0.5) is 5.69 Å². The lowest BCUT2D eigenvalue weighted by molar-refractivity contribution is -0.128. The van der Waals surface area contributed by atoms with E-state index in [9.17, 15) is 9.59 Å². The van der Waals surface area contributed by atoms with E-state index in [4.69, 9.17) is 0 Å². The monoisotopic (exact) mass is 345 g/mol. The topological polar surface area (TPSA) is 71.1 Å². The zero-order valence-electron chi connectivity index (χ0n) is 14.3. The zero-order chi connectivity index (χ0) is 17.6. The van der Waals surface area contributed by atoms with Gasteiger partial charge in [-0.1, -0.05) is 20.8 Å². The highest BCUT2D eigenvalue weighted by atomic mass is 32.1. The summed E-state index contributed by atoms with van der Waals surface area (Å²) in [6.45, 7) is 6.10. The molecule has 128 valence electrons. The first-order valence-corrected chi connectivity index (χ1v) is 8.82. The fourth-order valence-corrected chi connectivity index (χ4v) is 2.65. The Morgan fingerprint density at radius 3 is 2.46 bits per heavy atom. The quantitative estimate of drug-likeness (QED) is 0.784. The van der Waals surface area contributed by atoms with Crippen LogP contribution in [0.3, 0.4) is 0 Å². The van der Waals surface area contributed by atoms with E-state index in [0.717, 1.165) is 16.3 Å². The molecule has 1 aromatic carbocycles. The summed E-state index contributed by atoms with van der Waals surface area (Å²) in [5, 5.41) is 8.60. The molecule has 2 N–H and O–H groups in total. The minimum atomic E-state index is -0.401. The lowest BCUT2D eigenvalue weighted by Crippen LogP contribution is -2.35. The summed E-state index contributed by atoms with van der Waals surface area (Å²) < 4.78 is 0. The standard InChI is InChI=1S/C18H23N3O2S/c1-18(2,3)17(23)20-10-4-5-15(22)21-14-8-6-13(7-9-14)16-19-11-12-24-16/h6-9,11-12H,4-5,10H2,1-3H3,(H,20,23)(H,21,22). The van der Waals surface area contributed by atoms with Crippen LogP contribution in [0, 0.1) is 5.41 Å². The number of hydrogen-bond acceptors (Lipinski definition) is 4. The minimum Gasteiger partial charge on any atom is -0.356 e. The third kappa shape index (κ3) is 5.45. The van der Waals surface area contributed by atoms with Gasteiger partial charge in [-0.25, -0.2) is 4.98 Å². The van der Waals surface area contributed by atoms with Crippen molar-refractivity contribution in [2.24, 2.45) is 5.41 Å². The molecule has 2 rings (SSSR count). The number of rotatable bonds is 6. The number of aromatic nitrogens is 1. The molecule has 0 aliphatic carbocycles. The molecule has 0 fully saturated rings. The molecule has 1 aromatic heterocycles. The number of thiazole rings is 1. The van der Waals surface area contributed by atoms with Crippen LogP contribution in [0.1, 0.15) is 33.6 Å². The first-order valence-electron chi connectivity index (χ1n) is 7.94. The summed E-state index contributed by atoms with van der Waals surface area (Å²) >= 11 is 1.58. The number of nitrogens with one attached hydrogen (secondary N) is 2. The van der Waals surface area contributed by atoms with E-state index >= 15 is 0 Å². The Hall–Kier alpha value is -2.21. The van der Waals surface area contributed by atoms with Crippen molar-refractivity contribution in [2.75, 3.05) is 11.9 Å². The summed E-state index contributed by atoms with van der Waals surface area (Å²) in [5.41, 5.74) is 1.40. The summed E-state index contributed by atoms with van der Waals surface area (Å²) in [5.74, 6) is -0.0531. The predicted molar refractivity (Wildman–Crippen MR) is 97.9 cm³/mol. The SMILES string of the molecule is CC(C)(C)C(=O)NCCCC(=O)Nc1ccc(-c2nccs2)cc1. The van der Waals surface area contributed by atoms with Gasteiger partial charge in [-0.2, -0.15) is 0 Å². The molecule has 0 saturated carbocycles. The van der Waals surface area contributed by atoms with Gasteiger partial charge in [0, 0.05) is 41.2 Å². The van der Waals surface area contributed by atoms with Gasteiger partial charge in [0.15, 0.2) is 0 Å². The highest BCUT2D eigenvalue weighted by molar-refractivity contribution is 7.13. The van der Waals surface area contributed by atoms with Crippen molar-refractivity contribution < 1.29 is 9.59 Å². The van der Waals surface area contributed by atoms with Crippen molar-refractivity contribution in [3.05, 3.63) is 35.8 Å². The Kier molecular flexibility index (Phi) is 6.09. The van der Waals surface area contributed by atoms with Crippen molar-refractivity contribution >= 4 is 28.8 Å². The van der Waals surface area contributed by atoms with E-state index in [1.165, 1.54) is 0 Å². The molecular formula is C18H23N3O2S. The lowest BCUT2D eigenvalue weighted by Gasteiger charge is -2.17. The Labute approximate surface area is 146 Å². The van der Waals surface area contributed by atoms with E-state index in [1.807, 2.05) is 50.4 Å². The van der Waals surface area contributed by atoms with Crippen LogP contribution < -0.4 is 10.6 Å². The van der Waals surface area contributed by atoms with Crippen LogP contribution in [0.2, 0.25) is 0 Å². The molecule has 1 heterocycles. The summed E-state index contributed by atoms with van der Waals surface area (Å²) in [7, 11) is 0. The van der Waals surface area contributed by atoms with E-state index in [0.29, 0.717) is 19.4 Å². The Morgan fingerprint density at radius 2 is 1.88 bits per heavy atom. The van der Waals surface area contributed by atoms with Crippen LogP contribution >= 0.6 is 11.3 Å². The normalized spacial score (nSPS) is 11.1. The van der Waals surface area contributed by atoms with Gasteiger partial charge in [0.25, 0.3) is 0 Å². The molecule has 0 saturated heterocycles. The van der Waals surface area contributed by atoms with E-state index in [-0.39, 0.29) is 11.8 Å². The number of anilines is 1. The predicted octanol–water partition coefficient (Wildman–Crippen LogP) is 3.69. The van der Waals surface area contributed by atoms with Crippen LogP contribution in [0.5, 0.6) is 0 Å². The number of amides is 2. The average molecular weight is 345 g/mol. The van der Waals surface area contributed by atoms with Crippen LogP contribution in [-0.4, -0.2) is 23.3 Å². The third-order valence-corrected chi connectivity index (χ3v) is 4.22. The molecule has 6 heteroatoms. The van der Waals surface area contributed by atoms with Gasteiger partial charge in [0.1, 0.15) is 5.01 Å².